The minimum Gasteiger partial charge on any atom is -0.456 e. The van der Waals surface area contributed by atoms with Crippen molar-refractivity contribution in [3.05, 3.63) is 162 Å². The van der Waals surface area contributed by atoms with E-state index in [1.807, 2.05) is 0 Å². The van der Waals surface area contributed by atoms with Crippen LogP contribution < -0.4 is 20.6 Å². The Hall–Kier alpha value is -6.46. The summed E-state index contributed by atoms with van der Waals surface area (Å²) >= 11 is 0. The number of aryl methyl sites for hydroxylation is 1. The molecule has 9 aromatic rings. The predicted molar refractivity (Wildman–Crippen MR) is 261 cm³/mol. The fourth-order valence-electron chi connectivity index (χ4n) is 11.0. The highest BCUT2D eigenvalue weighted by molar-refractivity contribution is 6.95. The van der Waals surface area contributed by atoms with E-state index in [9.17, 15) is 0 Å². The lowest BCUT2D eigenvalue weighted by Gasteiger charge is -2.46. The molecule has 0 saturated heterocycles. The average molecular weight is 807 g/mol. The molecule has 0 spiro atoms. The molecule has 4 nitrogen and oxygen atoms in total. The zero-order valence-corrected chi connectivity index (χ0v) is 37.0. The second kappa shape index (κ2) is 12.8. The Bertz CT molecular complexity index is 3310. The second-order valence-electron chi connectivity index (χ2n) is 20.5. The van der Waals surface area contributed by atoms with Crippen LogP contribution in [0.4, 0.5) is 28.6 Å². The van der Waals surface area contributed by atoms with Crippen molar-refractivity contribution in [3.8, 4) is 22.3 Å². The van der Waals surface area contributed by atoms with Crippen molar-refractivity contribution in [1.29, 1.82) is 0 Å². The van der Waals surface area contributed by atoms with E-state index in [4.69, 9.17) is 8.83 Å². The van der Waals surface area contributed by atoms with Gasteiger partial charge in [0.2, 0.25) is 5.88 Å². The van der Waals surface area contributed by atoms with E-state index in [0.29, 0.717) is 0 Å². The van der Waals surface area contributed by atoms with Crippen molar-refractivity contribution in [2.24, 2.45) is 0 Å². The first-order valence-electron chi connectivity index (χ1n) is 22.3. The molecular formula is C57H51BN2O2. The van der Waals surface area contributed by atoms with Gasteiger partial charge in [0.25, 0.3) is 0 Å². The first-order chi connectivity index (χ1) is 29.8. The van der Waals surface area contributed by atoms with Crippen LogP contribution in [0.1, 0.15) is 83.6 Å². The Morgan fingerprint density at radius 3 is 1.89 bits per heavy atom. The van der Waals surface area contributed by atoms with Gasteiger partial charge < -0.3 is 13.6 Å². The number of fused-ring (bicyclic) bond motifs is 10. The van der Waals surface area contributed by atoms with Crippen molar-refractivity contribution < 1.29 is 8.83 Å². The summed E-state index contributed by atoms with van der Waals surface area (Å²) in [5.74, 6) is 0.875. The lowest BCUT2D eigenvalue weighted by molar-refractivity contribution is 0.332. The maximum Gasteiger partial charge on any atom is 0.337 e. The summed E-state index contributed by atoms with van der Waals surface area (Å²) in [4.78, 5) is 5.06. The predicted octanol–water partition coefficient (Wildman–Crippen LogP) is 14.7. The molecule has 0 atom stereocenters. The standard InChI is InChI=1S/C57H51BN2O2/c1-34-28-44-45(57(7,8)27-26-56(44,5)6)32-46(34)59-48-30-36(35-16-10-9-11-17-35)29-43-41-31-42-39-18-12-14-20-49(39)61-51(42)33-47(41)60(38-24-22-37(23-25-38)55(2,3)4)58(52(43)48)53-40-19-13-15-21-50(40)62-54(53)59/h9-25,28-33H,26-27H2,1-8H3. The van der Waals surface area contributed by atoms with Crippen molar-refractivity contribution in [2.45, 2.75) is 84.5 Å². The number of hydrogen-bond acceptors (Lipinski definition) is 4. The Balaban J connectivity index is 1.24. The number of anilines is 5. The van der Waals surface area contributed by atoms with Crippen LogP contribution in [0.5, 0.6) is 0 Å². The van der Waals surface area contributed by atoms with Crippen molar-refractivity contribution in [3.63, 3.8) is 0 Å². The third kappa shape index (κ3) is 5.33. The molecular weight excluding hydrogens is 755 g/mol. The van der Waals surface area contributed by atoms with Crippen LogP contribution in [0, 0.1) is 6.92 Å². The SMILES string of the molecule is Cc1cc2c(cc1N1c3cc(-c4ccccc4)cc4c3B(c3c1oc1ccccc31)N(c1ccc(C(C)(C)C)cc1)c1cc3oc5ccccc5c3cc1-4)C(C)(C)CCC2(C)C. The van der Waals surface area contributed by atoms with Gasteiger partial charge in [-0.2, -0.15) is 0 Å². The zero-order valence-electron chi connectivity index (χ0n) is 37.0. The minimum atomic E-state index is -0.206. The van der Waals surface area contributed by atoms with Gasteiger partial charge in [-0.25, -0.2) is 0 Å². The Labute approximate surface area is 364 Å². The molecule has 1 aliphatic carbocycles. The monoisotopic (exact) mass is 806 g/mol. The molecule has 2 aromatic heterocycles. The molecule has 4 heterocycles. The normalized spacial score (nSPS) is 16.1. The smallest absolute Gasteiger partial charge is 0.337 e. The first kappa shape index (κ1) is 37.3. The molecule has 0 amide bonds. The molecule has 0 bridgehead atoms. The number of hydrogen-bond donors (Lipinski definition) is 0. The summed E-state index contributed by atoms with van der Waals surface area (Å²) in [6, 6.07) is 51.8. The van der Waals surface area contributed by atoms with Crippen LogP contribution in [-0.2, 0) is 16.2 Å². The second-order valence-corrected chi connectivity index (χ2v) is 20.5. The van der Waals surface area contributed by atoms with E-state index < -0.39 is 0 Å². The van der Waals surface area contributed by atoms with Gasteiger partial charge in [0.05, 0.1) is 5.69 Å². The van der Waals surface area contributed by atoms with E-state index in [2.05, 4.69) is 205 Å². The van der Waals surface area contributed by atoms with E-state index >= 15 is 0 Å². The van der Waals surface area contributed by atoms with Crippen LogP contribution in [0.3, 0.4) is 0 Å². The number of para-hydroxylation sites is 2. The molecule has 62 heavy (non-hydrogen) atoms. The molecule has 5 heteroatoms. The zero-order chi connectivity index (χ0) is 42.4. The molecule has 0 N–H and O–H groups in total. The largest absolute Gasteiger partial charge is 0.456 e. The van der Waals surface area contributed by atoms with E-state index in [0.717, 1.165) is 62.3 Å². The summed E-state index contributed by atoms with van der Waals surface area (Å²) in [5.41, 5.74) is 20.0. The summed E-state index contributed by atoms with van der Waals surface area (Å²) in [6.45, 7) is 18.6. The maximum absolute atomic E-state index is 7.27. The molecule has 2 aliphatic heterocycles. The fraction of sp³-hybridized carbons (Fsp3) is 0.228. The van der Waals surface area contributed by atoms with Crippen LogP contribution in [0.15, 0.2) is 148 Å². The van der Waals surface area contributed by atoms with Crippen LogP contribution in [-0.4, -0.2) is 6.85 Å². The van der Waals surface area contributed by atoms with Gasteiger partial charge >= 0.3 is 6.85 Å². The maximum atomic E-state index is 7.27. The Morgan fingerprint density at radius 1 is 0.532 bits per heavy atom. The quantitative estimate of drug-likeness (QED) is 0.167. The number of nitrogens with zero attached hydrogens (tertiary/aromatic N) is 2. The van der Waals surface area contributed by atoms with Crippen molar-refractivity contribution in [2.75, 3.05) is 9.71 Å². The highest BCUT2D eigenvalue weighted by Gasteiger charge is 2.49. The number of rotatable bonds is 3. The van der Waals surface area contributed by atoms with E-state index in [1.165, 1.54) is 67.5 Å². The van der Waals surface area contributed by atoms with E-state index in [1.54, 1.807) is 0 Å². The molecule has 12 rings (SSSR count). The van der Waals surface area contributed by atoms with Gasteiger partial charge in [0.15, 0.2) is 0 Å². The van der Waals surface area contributed by atoms with Gasteiger partial charge in [-0.05, 0) is 129 Å². The molecule has 0 saturated carbocycles. The van der Waals surface area contributed by atoms with Crippen LogP contribution in [0.2, 0.25) is 0 Å². The highest BCUT2D eigenvalue weighted by Crippen LogP contribution is 2.54. The molecule has 7 aromatic carbocycles. The molecule has 304 valence electrons. The van der Waals surface area contributed by atoms with Gasteiger partial charge in [-0.15, -0.1) is 0 Å². The Morgan fingerprint density at radius 2 is 1.18 bits per heavy atom. The topological polar surface area (TPSA) is 32.8 Å². The molecule has 0 fully saturated rings. The van der Waals surface area contributed by atoms with Crippen LogP contribution >= 0.6 is 0 Å². The summed E-state index contributed by atoms with van der Waals surface area (Å²) < 4.78 is 14.0. The third-order valence-corrected chi connectivity index (χ3v) is 14.6. The Kier molecular flexibility index (Phi) is 7.70. The third-order valence-electron chi connectivity index (χ3n) is 14.6. The number of furan rings is 2. The number of benzene rings is 7. The van der Waals surface area contributed by atoms with E-state index in [-0.39, 0.29) is 23.1 Å². The van der Waals surface area contributed by atoms with Gasteiger partial charge in [-0.1, -0.05) is 133 Å². The van der Waals surface area contributed by atoms with Gasteiger partial charge in [0.1, 0.15) is 16.7 Å². The molecule has 0 unspecified atom stereocenters. The average Bonchev–Trinajstić information content (AvgIpc) is 3.83. The van der Waals surface area contributed by atoms with Crippen LogP contribution in [0.25, 0.3) is 55.2 Å². The fourth-order valence-corrected chi connectivity index (χ4v) is 11.0. The molecule has 0 radical (unpaired) electrons. The summed E-state index contributed by atoms with van der Waals surface area (Å²) in [6.07, 6.45) is 2.31. The van der Waals surface area contributed by atoms with Gasteiger partial charge in [0, 0.05) is 50.3 Å². The first-order valence-corrected chi connectivity index (χ1v) is 22.3. The lowest BCUT2D eigenvalue weighted by Crippen LogP contribution is -2.61. The van der Waals surface area contributed by atoms with Crippen molar-refractivity contribution >= 4 is 79.3 Å². The lowest BCUT2D eigenvalue weighted by atomic mass is 9.43. The summed E-state index contributed by atoms with van der Waals surface area (Å²) in [7, 11) is 0. The highest BCUT2D eigenvalue weighted by atomic mass is 16.4. The molecule has 3 aliphatic rings. The van der Waals surface area contributed by atoms with Gasteiger partial charge in [-0.3, -0.25) is 4.90 Å². The summed E-state index contributed by atoms with van der Waals surface area (Å²) in [5, 5.41) is 3.38. The minimum absolute atomic E-state index is 0.0160. The van der Waals surface area contributed by atoms with Crippen molar-refractivity contribution in [1.82, 2.24) is 0 Å².